The summed E-state index contributed by atoms with van der Waals surface area (Å²) in [6.07, 6.45) is 4.53. The third-order valence-electron chi connectivity index (χ3n) is 3.43. The van der Waals surface area contributed by atoms with Crippen LogP contribution in [0.15, 0.2) is 17.8 Å². The number of hydrogen-bond donors (Lipinski definition) is 2. The van der Waals surface area contributed by atoms with E-state index in [1.54, 1.807) is 17.7 Å². The predicted octanol–water partition coefficient (Wildman–Crippen LogP) is 3.38. The maximum Gasteiger partial charge on any atom is 0.303 e. The normalized spacial score (nSPS) is 12.4. The van der Waals surface area contributed by atoms with Crippen molar-refractivity contribution in [3.8, 4) is 0 Å². The predicted molar refractivity (Wildman–Crippen MR) is 81.2 cm³/mol. The number of nitrogens with one attached hydrogen (secondary N) is 1. The summed E-state index contributed by atoms with van der Waals surface area (Å²) in [6, 6.07) is 1.98. The zero-order chi connectivity index (χ0) is 14.4. The van der Waals surface area contributed by atoms with Crippen molar-refractivity contribution in [1.82, 2.24) is 9.97 Å². The fourth-order valence-corrected chi connectivity index (χ4v) is 3.00. The first-order chi connectivity index (χ1) is 9.70. The first-order valence-corrected chi connectivity index (χ1v) is 7.72. The molecule has 2 N–H and O–H groups in total. The standard InChI is InChI=1S/C14H19N3O2S/c1-2-10(3-4-12(18)19)5-7-15-14-13-11(6-8-20-13)16-9-17-14/h6,8-10H,2-5,7H2,1H3,(H,18,19)(H,15,16,17). The largest absolute Gasteiger partial charge is 0.481 e. The van der Waals surface area contributed by atoms with Gasteiger partial charge < -0.3 is 10.4 Å². The molecule has 0 aliphatic carbocycles. The van der Waals surface area contributed by atoms with Crippen molar-refractivity contribution < 1.29 is 9.90 Å². The van der Waals surface area contributed by atoms with Gasteiger partial charge in [0.25, 0.3) is 0 Å². The highest BCUT2D eigenvalue weighted by Crippen LogP contribution is 2.25. The lowest BCUT2D eigenvalue weighted by Crippen LogP contribution is -2.11. The second-order valence-electron chi connectivity index (χ2n) is 4.78. The highest BCUT2D eigenvalue weighted by atomic mass is 32.1. The van der Waals surface area contributed by atoms with Gasteiger partial charge in [0.05, 0.1) is 10.2 Å². The Balaban J connectivity index is 1.85. The lowest BCUT2D eigenvalue weighted by molar-refractivity contribution is -0.137. The highest BCUT2D eigenvalue weighted by molar-refractivity contribution is 7.17. The van der Waals surface area contributed by atoms with Gasteiger partial charge in [-0.3, -0.25) is 4.79 Å². The average molecular weight is 293 g/mol. The van der Waals surface area contributed by atoms with Crippen molar-refractivity contribution in [2.75, 3.05) is 11.9 Å². The van der Waals surface area contributed by atoms with Gasteiger partial charge in [-0.25, -0.2) is 9.97 Å². The van der Waals surface area contributed by atoms with Gasteiger partial charge in [0.15, 0.2) is 0 Å². The van der Waals surface area contributed by atoms with E-state index in [1.165, 1.54) is 0 Å². The van der Waals surface area contributed by atoms with Gasteiger partial charge in [-0.2, -0.15) is 0 Å². The van der Waals surface area contributed by atoms with Crippen LogP contribution in [0.4, 0.5) is 5.82 Å². The summed E-state index contributed by atoms with van der Waals surface area (Å²) in [5.74, 6) is 0.602. The zero-order valence-corrected chi connectivity index (χ0v) is 12.3. The minimum absolute atomic E-state index is 0.251. The van der Waals surface area contributed by atoms with Crippen LogP contribution in [0.5, 0.6) is 0 Å². The first kappa shape index (κ1) is 14.7. The highest BCUT2D eigenvalue weighted by Gasteiger charge is 2.10. The maximum absolute atomic E-state index is 10.6. The van der Waals surface area contributed by atoms with Crippen molar-refractivity contribution in [2.24, 2.45) is 5.92 Å². The van der Waals surface area contributed by atoms with Crippen molar-refractivity contribution in [3.05, 3.63) is 17.8 Å². The van der Waals surface area contributed by atoms with E-state index in [4.69, 9.17) is 5.11 Å². The van der Waals surface area contributed by atoms with Gasteiger partial charge >= 0.3 is 5.97 Å². The van der Waals surface area contributed by atoms with Crippen LogP contribution in [-0.4, -0.2) is 27.6 Å². The van der Waals surface area contributed by atoms with E-state index in [0.717, 1.165) is 41.8 Å². The van der Waals surface area contributed by atoms with E-state index in [9.17, 15) is 4.79 Å². The minimum atomic E-state index is -0.715. The molecular weight excluding hydrogens is 274 g/mol. The molecule has 0 spiro atoms. The smallest absolute Gasteiger partial charge is 0.303 e. The second kappa shape index (κ2) is 7.19. The fourth-order valence-electron chi connectivity index (χ4n) is 2.19. The number of carbonyl (C=O) groups is 1. The zero-order valence-electron chi connectivity index (χ0n) is 11.5. The Kier molecular flexibility index (Phi) is 5.29. The number of carboxylic acid groups (broad SMARTS) is 1. The molecule has 2 aromatic rings. The molecule has 1 unspecified atom stereocenters. The Bertz CT molecular complexity index is 570. The monoisotopic (exact) mass is 293 g/mol. The molecule has 1 atom stereocenters. The molecule has 2 rings (SSSR count). The molecule has 0 radical (unpaired) electrons. The van der Waals surface area contributed by atoms with Crippen molar-refractivity contribution in [1.29, 1.82) is 0 Å². The summed E-state index contributed by atoms with van der Waals surface area (Å²) in [7, 11) is 0. The van der Waals surface area contributed by atoms with Crippen LogP contribution in [0.3, 0.4) is 0 Å². The Morgan fingerprint density at radius 3 is 3.05 bits per heavy atom. The topological polar surface area (TPSA) is 75.1 Å². The fraction of sp³-hybridized carbons (Fsp3) is 0.500. The lowest BCUT2D eigenvalue weighted by Gasteiger charge is -2.14. The molecule has 2 heterocycles. The number of fused-ring (bicyclic) bond motifs is 1. The molecular formula is C14H19N3O2S. The number of hydrogen-bond acceptors (Lipinski definition) is 5. The molecule has 108 valence electrons. The van der Waals surface area contributed by atoms with E-state index < -0.39 is 5.97 Å². The number of anilines is 1. The molecule has 0 saturated heterocycles. The molecule has 5 nitrogen and oxygen atoms in total. The van der Waals surface area contributed by atoms with Gasteiger partial charge in [-0.15, -0.1) is 11.3 Å². The molecule has 0 aliphatic rings. The Labute approximate surface area is 122 Å². The molecule has 2 aromatic heterocycles. The van der Waals surface area contributed by atoms with Crippen LogP contribution in [0.2, 0.25) is 0 Å². The number of thiophene rings is 1. The van der Waals surface area contributed by atoms with Crippen LogP contribution in [0.25, 0.3) is 10.2 Å². The van der Waals surface area contributed by atoms with Crippen LogP contribution >= 0.6 is 11.3 Å². The lowest BCUT2D eigenvalue weighted by atomic mass is 9.97. The third-order valence-corrected chi connectivity index (χ3v) is 4.34. The summed E-state index contributed by atoms with van der Waals surface area (Å²) in [5.41, 5.74) is 0.963. The van der Waals surface area contributed by atoms with E-state index in [0.29, 0.717) is 5.92 Å². The quantitative estimate of drug-likeness (QED) is 0.780. The van der Waals surface area contributed by atoms with Crippen molar-refractivity contribution >= 4 is 33.3 Å². The van der Waals surface area contributed by atoms with Crippen molar-refractivity contribution in [2.45, 2.75) is 32.6 Å². The second-order valence-corrected chi connectivity index (χ2v) is 5.70. The molecule has 0 fully saturated rings. The maximum atomic E-state index is 10.6. The molecule has 0 amide bonds. The summed E-state index contributed by atoms with van der Waals surface area (Å²) < 4.78 is 1.08. The number of nitrogens with zero attached hydrogens (tertiary/aromatic N) is 2. The number of aromatic nitrogens is 2. The SMILES string of the molecule is CCC(CCNc1ncnc2ccsc12)CCC(=O)O. The van der Waals surface area contributed by atoms with Crippen LogP contribution in [0, 0.1) is 5.92 Å². The number of aliphatic carboxylic acids is 1. The molecule has 6 heteroatoms. The van der Waals surface area contributed by atoms with Gasteiger partial charge in [0.2, 0.25) is 0 Å². The summed E-state index contributed by atoms with van der Waals surface area (Å²) >= 11 is 1.63. The van der Waals surface area contributed by atoms with Crippen LogP contribution in [0.1, 0.15) is 32.6 Å². The van der Waals surface area contributed by atoms with Crippen LogP contribution in [-0.2, 0) is 4.79 Å². The van der Waals surface area contributed by atoms with E-state index in [2.05, 4.69) is 22.2 Å². The van der Waals surface area contributed by atoms with Crippen LogP contribution < -0.4 is 5.32 Å². The first-order valence-electron chi connectivity index (χ1n) is 6.84. The van der Waals surface area contributed by atoms with Gasteiger partial charge in [-0.1, -0.05) is 13.3 Å². The molecule has 0 bridgehead atoms. The Morgan fingerprint density at radius 2 is 2.30 bits per heavy atom. The Hall–Kier alpha value is -1.69. The third kappa shape index (κ3) is 3.90. The Morgan fingerprint density at radius 1 is 1.45 bits per heavy atom. The molecule has 0 aliphatic heterocycles. The summed E-state index contributed by atoms with van der Waals surface area (Å²) in [6.45, 7) is 2.91. The van der Waals surface area contributed by atoms with E-state index >= 15 is 0 Å². The number of rotatable bonds is 8. The number of carboxylic acids is 1. The van der Waals surface area contributed by atoms with Gasteiger partial charge in [0.1, 0.15) is 12.1 Å². The summed E-state index contributed by atoms with van der Waals surface area (Å²) in [4.78, 5) is 19.1. The molecule has 20 heavy (non-hydrogen) atoms. The van der Waals surface area contributed by atoms with Gasteiger partial charge in [0, 0.05) is 13.0 Å². The average Bonchev–Trinajstić information content (AvgIpc) is 2.91. The minimum Gasteiger partial charge on any atom is -0.481 e. The molecule has 0 aromatic carbocycles. The van der Waals surface area contributed by atoms with E-state index in [1.807, 2.05) is 11.4 Å². The van der Waals surface area contributed by atoms with Crippen molar-refractivity contribution in [3.63, 3.8) is 0 Å². The van der Waals surface area contributed by atoms with Gasteiger partial charge in [-0.05, 0) is 30.2 Å². The molecule has 0 saturated carbocycles. The summed E-state index contributed by atoms with van der Waals surface area (Å²) in [5, 5.41) is 14.1. The van der Waals surface area contributed by atoms with E-state index in [-0.39, 0.29) is 6.42 Å².